The van der Waals surface area contributed by atoms with E-state index in [2.05, 4.69) is 17.2 Å². The number of rotatable bonds is 0. The topological polar surface area (TPSA) is 17.8 Å². The van der Waals surface area contributed by atoms with E-state index in [1.165, 1.54) is 5.39 Å². The average molecular weight is 184 g/mol. The van der Waals surface area contributed by atoms with Crippen molar-refractivity contribution in [2.45, 2.75) is 6.92 Å². The molecule has 56 valence electrons. The first-order valence-electron chi connectivity index (χ1n) is 3.57. The molecule has 0 saturated carbocycles. The Labute approximate surface area is 114 Å². The van der Waals surface area contributed by atoms with Crippen LogP contribution in [0.2, 0.25) is 0 Å². The fraction of sp³-hybridized carbons (Fsp3) is 0.222. The van der Waals surface area contributed by atoms with E-state index in [4.69, 9.17) is 0 Å². The third-order valence-corrected chi connectivity index (χ3v) is 1.82. The van der Waals surface area contributed by atoms with Gasteiger partial charge in [0.25, 0.3) is 0 Å². The molecular formula is C9H9KN2. The Morgan fingerprint density at radius 2 is 2.25 bits per heavy atom. The minimum absolute atomic E-state index is 0. The molecule has 1 aromatic carbocycles. The molecule has 2 aromatic rings. The first-order chi connectivity index (χ1) is 5.27. The van der Waals surface area contributed by atoms with E-state index in [9.17, 15) is 0 Å². The minimum atomic E-state index is 0. The van der Waals surface area contributed by atoms with Crippen molar-refractivity contribution in [2.75, 3.05) is 0 Å². The molecule has 1 heterocycles. The van der Waals surface area contributed by atoms with E-state index >= 15 is 0 Å². The molecule has 0 aliphatic heterocycles. The predicted octanol–water partition coefficient (Wildman–Crippen LogP) is -1.31. The van der Waals surface area contributed by atoms with Gasteiger partial charge in [0.2, 0.25) is 0 Å². The molecule has 1 aromatic heterocycles. The maximum absolute atomic E-state index is 4.13. The van der Waals surface area contributed by atoms with Gasteiger partial charge in [0.05, 0.1) is 0 Å². The van der Waals surface area contributed by atoms with Crippen LogP contribution >= 0.6 is 0 Å². The zero-order valence-electron chi connectivity index (χ0n) is 7.63. The molecule has 2 rings (SSSR count). The number of aryl methyl sites for hydroxylation is 2. The van der Waals surface area contributed by atoms with Gasteiger partial charge in [0, 0.05) is 13.2 Å². The number of hydrogen-bond acceptors (Lipinski definition) is 1. The largest absolute Gasteiger partial charge is 1.00 e. The van der Waals surface area contributed by atoms with E-state index in [0.29, 0.717) is 0 Å². The van der Waals surface area contributed by atoms with Crippen molar-refractivity contribution in [3.63, 3.8) is 0 Å². The van der Waals surface area contributed by atoms with Crippen LogP contribution in [0.3, 0.4) is 0 Å². The standard InChI is InChI=1S/C9H9N2.K/c1-7-3-4-9-8(5-7)6-10-11(9)2;/h4-6H,1-2H3;/q-1;+1. The smallest absolute Gasteiger partial charge is 0.321 e. The Morgan fingerprint density at radius 3 is 3.00 bits per heavy atom. The van der Waals surface area contributed by atoms with Crippen LogP contribution in [-0.4, -0.2) is 9.78 Å². The summed E-state index contributed by atoms with van der Waals surface area (Å²) in [6, 6.07) is 7.20. The Kier molecular flexibility index (Phi) is 3.49. The van der Waals surface area contributed by atoms with Crippen LogP contribution in [0.25, 0.3) is 10.9 Å². The summed E-state index contributed by atoms with van der Waals surface area (Å²) in [5.74, 6) is 0. The third-order valence-electron chi connectivity index (χ3n) is 1.82. The molecule has 0 aliphatic rings. The van der Waals surface area contributed by atoms with Gasteiger partial charge in [-0.1, -0.05) is 12.3 Å². The van der Waals surface area contributed by atoms with Crippen LogP contribution in [0.1, 0.15) is 5.56 Å². The van der Waals surface area contributed by atoms with Gasteiger partial charge in [-0.15, -0.1) is 0 Å². The SMILES string of the molecule is Cc1[c-]cc2c(cnn2C)c1.[K+]. The summed E-state index contributed by atoms with van der Waals surface area (Å²) < 4.78 is 1.85. The normalized spacial score (nSPS) is 9.83. The fourth-order valence-electron chi connectivity index (χ4n) is 1.21. The van der Waals surface area contributed by atoms with Gasteiger partial charge in [-0.25, -0.2) is 0 Å². The summed E-state index contributed by atoms with van der Waals surface area (Å²) in [6.07, 6.45) is 1.87. The number of nitrogens with zero attached hydrogens (tertiary/aromatic N) is 2. The Hall–Kier alpha value is 0.326. The third kappa shape index (κ3) is 1.80. The molecule has 0 N–H and O–H groups in total. The van der Waals surface area contributed by atoms with Crippen molar-refractivity contribution in [3.8, 4) is 0 Å². The number of benzene rings is 1. The average Bonchev–Trinajstić information content (AvgIpc) is 2.32. The summed E-state index contributed by atoms with van der Waals surface area (Å²) in [4.78, 5) is 0. The summed E-state index contributed by atoms with van der Waals surface area (Å²) in [7, 11) is 1.94. The molecule has 0 spiro atoms. The van der Waals surface area contributed by atoms with Crippen LogP contribution in [0.4, 0.5) is 0 Å². The van der Waals surface area contributed by atoms with Crippen LogP contribution < -0.4 is 51.4 Å². The quantitative estimate of drug-likeness (QED) is 0.367. The van der Waals surface area contributed by atoms with Crippen LogP contribution in [0.15, 0.2) is 18.3 Å². The van der Waals surface area contributed by atoms with Crippen molar-refractivity contribution in [1.29, 1.82) is 0 Å². The van der Waals surface area contributed by atoms with Gasteiger partial charge in [-0.05, 0) is 5.52 Å². The van der Waals surface area contributed by atoms with E-state index in [0.717, 1.165) is 11.1 Å². The van der Waals surface area contributed by atoms with Crippen molar-refractivity contribution in [2.24, 2.45) is 7.05 Å². The predicted molar refractivity (Wildman–Crippen MR) is 44.3 cm³/mol. The molecule has 0 saturated heterocycles. The van der Waals surface area contributed by atoms with E-state index in [1.54, 1.807) is 0 Å². The van der Waals surface area contributed by atoms with Gasteiger partial charge in [0.15, 0.2) is 0 Å². The van der Waals surface area contributed by atoms with Gasteiger partial charge >= 0.3 is 51.4 Å². The maximum Gasteiger partial charge on any atom is 1.00 e. The molecule has 3 heteroatoms. The van der Waals surface area contributed by atoms with Crippen LogP contribution in [-0.2, 0) is 7.05 Å². The van der Waals surface area contributed by atoms with Crippen LogP contribution in [0, 0.1) is 13.0 Å². The van der Waals surface area contributed by atoms with Gasteiger partial charge < -0.3 is 4.68 Å². The zero-order chi connectivity index (χ0) is 7.84. The second-order valence-corrected chi connectivity index (χ2v) is 2.72. The van der Waals surface area contributed by atoms with E-state index in [-0.39, 0.29) is 51.4 Å². The van der Waals surface area contributed by atoms with Crippen LogP contribution in [0.5, 0.6) is 0 Å². The zero-order valence-corrected chi connectivity index (χ0v) is 10.7. The molecule has 0 radical (unpaired) electrons. The van der Waals surface area contributed by atoms with Crippen molar-refractivity contribution >= 4 is 10.9 Å². The Bertz CT molecular complexity index is 392. The Morgan fingerprint density at radius 1 is 1.50 bits per heavy atom. The number of aromatic nitrogens is 2. The molecule has 0 fully saturated rings. The molecule has 0 atom stereocenters. The molecule has 0 unspecified atom stereocenters. The Balaban J connectivity index is 0.000000720. The number of fused-ring (bicyclic) bond motifs is 1. The molecule has 12 heavy (non-hydrogen) atoms. The van der Waals surface area contributed by atoms with Crippen molar-refractivity contribution in [3.05, 3.63) is 30.0 Å². The monoisotopic (exact) mass is 184 g/mol. The molecule has 0 amide bonds. The van der Waals surface area contributed by atoms with Crippen molar-refractivity contribution < 1.29 is 51.4 Å². The second-order valence-electron chi connectivity index (χ2n) is 2.72. The van der Waals surface area contributed by atoms with E-state index in [1.807, 2.05) is 30.9 Å². The minimum Gasteiger partial charge on any atom is -0.321 e. The van der Waals surface area contributed by atoms with Gasteiger partial charge in [-0.2, -0.15) is 28.9 Å². The maximum atomic E-state index is 4.13. The summed E-state index contributed by atoms with van der Waals surface area (Å²) in [5, 5.41) is 5.32. The molecule has 0 bridgehead atoms. The molecule has 2 nitrogen and oxygen atoms in total. The van der Waals surface area contributed by atoms with E-state index < -0.39 is 0 Å². The first kappa shape index (κ1) is 10.4. The van der Waals surface area contributed by atoms with Gasteiger partial charge in [0.1, 0.15) is 0 Å². The molecular weight excluding hydrogens is 175 g/mol. The van der Waals surface area contributed by atoms with Crippen molar-refractivity contribution in [1.82, 2.24) is 9.78 Å². The molecule has 0 aliphatic carbocycles. The van der Waals surface area contributed by atoms with Gasteiger partial charge in [-0.3, -0.25) is 0 Å². The second kappa shape index (κ2) is 4.02. The summed E-state index contributed by atoms with van der Waals surface area (Å²) >= 11 is 0. The fourth-order valence-corrected chi connectivity index (χ4v) is 1.21. The first-order valence-corrected chi connectivity index (χ1v) is 3.57. The summed E-state index contributed by atoms with van der Waals surface area (Å²) in [5.41, 5.74) is 2.29. The summed E-state index contributed by atoms with van der Waals surface area (Å²) in [6.45, 7) is 2.03. The number of hydrogen-bond donors (Lipinski definition) is 0.